The first-order valence-electron chi connectivity index (χ1n) is 11.1. The van der Waals surface area contributed by atoms with E-state index in [4.69, 9.17) is 4.74 Å². The Labute approximate surface area is 185 Å². The number of carbonyl (C=O) groups excluding carboxylic acids is 3. The number of carbonyl (C=O) groups is 3. The molecule has 31 heavy (non-hydrogen) atoms. The predicted octanol–water partition coefficient (Wildman–Crippen LogP) is 3.66. The van der Waals surface area contributed by atoms with Gasteiger partial charge in [-0.15, -0.1) is 0 Å². The van der Waals surface area contributed by atoms with Gasteiger partial charge in [-0.2, -0.15) is 0 Å². The van der Waals surface area contributed by atoms with Crippen molar-refractivity contribution in [1.29, 1.82) is 0 Å². The van der Waals surface area contributed by atoms with E-state index in [1.54, 1.807) is 11.0 Å². The fourth-order valence-corrected chi connectivity index (χ4v) is 3.60. The first kappa shape index (κ1) is 24.7. The number of aryl methyl sites for hydroxylation is 1. The molecule has 0 aromatic heterocycles. The van der Waals surface area contributed by atoms with E-state index in [9.17, 15) is 14.4 Å². The number of piperidine rings is 1. The van der Waals surface area contributed by atoms with Gasteiger partial charge in [0.1, 0.15) is 11.6 Å². The molecule has 1 atom stereocenters. The molecule has 0 spiro atoms. The van der Waals surface area contributed by atoms with Crippen molar-refractivity contribution in [3.05, 3.63) is 35.4 Å². The van der Waals surface area contributed by atoms with E-state index in [1.807, 2.05) is 59.7 Å². The molecule has 0 aliphatic carbocycles. The molecule has 1 aliphatic rings. The molecule has 3 amide bonds. The normalized spacial score (nSPS) is 16.0. The molecular formula is C24H37N3O4. The highest BCUT2D eigenvalue weighted by Gasteiger charge is 2.30. The Hall–Kier alpha value is -2.57. The zero-order valence-electron chi connectivity index (χ0n) is 19.7. The zero-order chi connectivity index (χ0) is 23.2. The second kappa shape index (κ2) is 10.6. The number of hydrogen-bond acceptors (Lipinski definition) is 4. The Morgan fingerprint density at radius 3 is 2.29 bits per heavy atom. The Morgan fingerprint density at radius 2 is 1.74 bits per heavy atom. The highest BCUT2D eigenvalue weighted by Crippen LogP contribution is 2.16. The number of hydrogen-bond donors (Lipinski definition) is 2. The van der Waals surface area contributed by atoms with Gasteiger partial charge in [-0.25, -0.2) is 4.79 Å². The van der Waals surface area contributed by atoms with Gasteiger partial charge in [0.15, 0.2) is 0 Å². The summed E-state index contributed by atoms with van der Waals surface area (Å²) in [5.74, 6) is -0.160. The van der Waals surface area contributed by atoms with Gasteiger partial charge in [0.05, 0.1) is 0 Å². The summed E-state index contributed by atoms with van der Waals surface area (Å²) >= 11 is 0. The van der Waals surface area contributed by atoms with Gasteiger partial charge < -0.3 is 20.3 Å². The van der Waals surface area contributed by atoms with Crippen LogP contribution in [0.5, 0.6) is 0 Å². The summed E-state index contributed by atoms with van der Waals surface area (Å²) in [4.78, 5) is 39.6. The highest BCUT2D eigenvalue weighted by molar-refractivity contribution is 5.98. The van der Waals surface area contributed by atoms with Crippen molar-refractivity contribution >= 4 is 17.9 Å². The number of nitrogens with one attached hydrogen (secondary N) is 2. The molecule has 2 N–H and O–H groups in total. The summed E-state index contributed by atoms with van der Waals surface area (Å²) < 4.78 is 5.42. The van der Waals surface area contributed by atoms with Gasteiger partial charge in [0.2, 0.25) is 5.91 Å². The topological polar surface area (TPSA) is 87.7 Å². The molecule has 1 heterocycles. The predicted molar refractivity (Wildman–Crippen MR) is 121 cm³/mol. The molecule has 2 rings (SSSR count). The number of likely N-dealkylation sites (tertiary alicyclic amines) is 1. The van der Waals surface area contributed by atoms with Crippen LogP contribution < -0.4 is 10.6 Å². The summed E-state index contributed by atoms with van der Waals surface area (Å²) in [5, 5.41) is 5.98. The Bertz CT molecular complexity index is 777. The number of nitrogens with zero attached hydrogens (tertiary/aromatic N) is 1. The molecule has 1 aromatic rings. The molecule has 0 bridgehead atoms. The van der Waals surface area contributed by atoms with Crippen LogP contribution in [0.15, 0.2) is 24.3 Å². The maximum Gasteiger partial charge on any atom is 0.410 e. The average Bonchev–Trinajstić information content (AvgIpc) is 2.66. The monoisotopic (exact) mass is 431 g/mol. The number of benzene rings is 1. The number of ether oxygens (including phenoxy) is 1. The summed E-state index contributed by atoms with van der Waals surface area (Å²) in [7, 11) is 0. The lowest BCUT2D eigenvalue weighted by Crippen LogP contribution is -2.53. The van der Waals surface area contributed by atoms with Crippen LogP contribution in [0, 0.1) is 12.8 Å². The first-order valence-corrected chi connectivity index (χ1v) is 11.1. The van der Waals surface area contributed by atoms with Gasteiger partial charge in [0, 0.05) is 24.7 Å². The Kier molecular flexibility index (Phi) is 8.48. The minimum Gasteiger partial charge on any atom is -0.444 e. The number of rotatable bonds is 6. The average molecular weight is 432 g/mol. The molecule has 1 fully saturated rings. The molecule has 1 aliphatic heterocycles. The van der Waals surface area contributed by atoms with Crippen molar-refractivity contribution in [1.82, 2.24) is 15.5 Å². The summed E-state index contributed by atoms with van der Waals surface area (Å²) in [6.45, 7) is 12.5. The van der Waals surface area contributed by atoms with Crippen LogP contribution in [-0.2, 0) is 9.53 Å². The zero-order valence-corrected chi connectivity index (χ0v) is 19.7. The van der Waals surface area contributed by atoms with Crippen LogP contribution in [-0.4, -0.2) is 53.6 Å². The van der Waals surface area contributed by atoms with Crippen LogP contribution in [0.2, 0.25) is 0 Å². The van der Waals surface area contributed by atoms with Crippen LogP contribution in [0.25, 0.3) is 0 Å². The van der Waals surface area contributed by atoms with Crippen LogP contribution in [0.3, 0.4) is 0 Å². The second-order valence-corrected chi connectivity index (χ2v) is 9.72. The SMILES string of the molecule is Cc1ccccc1C(=O)NC(CC(C)C)C(=O)NC1CCN(C(=O)OC(C)(C)C)CC1. The smallest absolute Gasteiger partial charge is 0.410 e. The van der Waals surface area contributed by atoms with E-state index in [0.29, 0.717) is 37.9 Å². The maximum atomic E-state index is 13.0. The van der Waals surface area contributed by atoms with Gasteiger partial charge in [0.25, 0.3) is 5.91 Å². The molecule has 0 saturated carbocycles. The lowest BCUT2D eigenvalue weighted by molar-refractivity contribution is -0.124. The Balaban J connectivity index is 1.93. The van der Waals surface area contributed by atoms with Gasteiger partial charge in [-0.3, -0.25) is 9.59 Å². The molecule has 7 nitrogen and oxygen atoms in total. The maximum absolute atomic E-state index is 13.0. The van der Waals surface area contributed by atoms with E-state index < -0.39 is 11.6 Å². The second-order valence-electron chi connectivity index (χ2n) is 9.72. The fraction of sp³-hybridized carbons (Fsp3) is 0.625. The minimum absolute atomic E-state index is 0.0313. The van der Waals surface area contributed by atoms with Gasteiger partial charge in [-0.1, -0.05) is 32.0 Å². The molecule has 1 aromatic carbocycles. The van der Waals surface area contributed by atoms with Crippen molar-refractivity contribution in [2.45, 2.75) is 78.5 Å². The van der Waals surface area contributed by atoms with Crippen molar-refractivity contribution in [3.8, 4) is 0 Å². The molecule has 1 saturated heterocycles. The standard InChI is InChI=1S/C24H37N3O4/c1-16(2)15-20(26-21(28)19-10-8-7-9-17(19)3)22(29)25-18-11-13-27(14-12-18)23(30)31-24(4,5)6/h7-10,16,18,20H,11-15H2,1-6H3,(H,25,29)(H,26,28). The third-order valence-corrected chi connectivity index (χ3v) is 5.21. The minimum atomic E-state index is -0.601. The van der Waals surface area contributed by atoms with E-state index in [2.05, 4.69) is 10.6 Å². The largest absolute Gasteiger partial charge is 0.444 e. The molecule has 172 valence electrons. The highest BCUT2D eigenvalue weighted by atomic mass is 16.6. The third kappa shape index (κ3) is 7.89. The molecule has 1 unspecified atom stereocenters. The quantitative estimate of drug-likeness (QED) is 0.720. The third-order valence-electron chi connectivity index (χ3n) is 5.21. The number of amides is 3. The van der Waals surface area contributed by atoms with Crippen LogP contribution in [0.1, 0.15) is 69.8 Å². The molecule has 0 radical (unpaired) electrons. The van der Waals surface area contributed by atoms with E-state index >= 15 is 0 Å². The van der Waals surface area contributed by atoms with Gasteiger partial charge in [-0.05, 0) is 64.5 Å². The van der Waals surface area contributed by atoms with E-state index in [0.717, 1.165) is 5.56 Å². The van der Waals surface area contributed by atoms with Crippen molar-refractivity contribution in [2.24, 2.45) is 5.92 Å². The van der Waals surface area contributed by atoms with Crippen molar-refractivity contribution < 1.29 is 19.1 Å². The van der Waals surface area contributed by atoms with Crippen molar-refractivity contribution in [3.63, 3.8) is 0 Å². The molecule has 7 heteroatoms. The Morgan fingerprint density at radius 1 is 1.13 bits per heavy atom. The lowest BCUT2D eigenvalue weighted by Gasteiger charge is -2.34. The lowest BCUT2D eigenvalue weighted by atomic mass is 10.00. The van der Waals surface area contributed by atoms with Crippen molar-refractivity contribution in [2.75, 3.05) is 13.1 Å². The van der Waals surface area contributed by atoms with Crippen LogP contribution >= 0.6 is 0 Å². The summed E-state index contributed by atoms with van der Waals surface area (Å²) in [6.07, 6.45) is 1.55. The van der Waals surface area contributed by atoms with E-state index in [-0.39, 0.29) is 29.9 Å². The van der Waals surface area contributed by atoms with Crippen LogP contribution in [0.4, 0.5) is 4.79 Å². The summed E-state index contributed by atoms with van der Waals surface area (Å²) in [6, 6.07) is 6.71. The fourth-order valence-electron chi connectivity index (χ4n) is 3.60. The summed E-state index contributed by atoms with van der Waals surface area (Å²) in [5.41, 5.74) is 0.926. The first-order chi connectivity index (χ1) is 14.5. The van der Waals surface area contributed by atoms with Gasteiger partial charge >= 0.3 is 6.09 Å². The molecular weight excluding hydrogens is 394 g/mol. The van der Waals surface area contributed by atoms with E-state index in [1.165, 1.54) is 0 Å².